The van der Waals surface area contributed by atoms with E-state index in [1.54, 1.807) is 0 Å². The van der Waals surface area contributed by atoms with Crippen LogP contribution in [0.3, 0.4) is 0 Å². The molecular weight excluding hydrogens is 354 g/mol. The number of anilines is 1. The summed E-state index contributed by atoms with van der Waals surface area (Å²) < 4.78 is 5.51. The molecule has 7 nitrogen and oxygen atoms in total. The van der Waals surface area contributed by atoms with Crippen LogP contribution in [0.25, 0.3) is 0 Å². The fourth-order valence-corrected chi connectivity index (χ4v) is 3.49. The van der Waals surface area contributed by atoms with E-state index in [2.05, 4.69) is 27.4 Å². The van der Waals surface area contributed by atoms with Crippen molar-refractivity contribution in [2.24, 2.45) is 0 Å². The highest BCUT2D eigenvalue weighted by atomic mass is 35.5. The highest BCUT2D eigenvalue weighted by Crippen LogP contribution is 2.32. The first-order chi connectivity index (χ1) is 12.1. The van der Waals surface area contributed by atoms with Crippen LogP contribution in [0, 0.1) is 6.92 Å². The number of likely N-dealkylation sites (N-methyl/N-ethyl adjacent to an activating group) is 1. The van der Waals surface area contributed by atoms with Gasteiger partial charge in [0.1, 0.15) is 0 Å². The quantitative estimate of drug-likeness (QED) is 0.880. The lowest BCUT2D eigenvalue weighted by molar-refractivity contribution is -0.117. The second-order valence-electron chi connectivity index (χ2n) is 6.93. The van der Waals surface area contributed by atoms with E-state index in [0.717, 1.165) is 25.3 Å². The van der Waals surface area contributed by atoms with Crippen LogP contribution in [-0.4, -0.2) is 54.2 Å². The molecule has 2 aromatic rings. The van der Waals surface area contributed by atoms with Gasteiger partial charge in [-0.05, 0) is 26.1 Å². The van der Waals surface area contributed by atoms with Gasteiger partial charge in [0.2, 0.25) is 11.8 Å². The van der Waals surface area contributed by atoms with E-state index < -0.39 is 0 Å². The molecule has 1 aromatic heterocycles. The third kappa shape index (κ3) is 3.60. The summed E-state index contributed by atoms with van der Waals surface area (Å²) in [6, 6.07) is 8.13. The van der Waals surface area contributed by atoms with Crippen LogP contribution >= 0.6 is 12.4 Å². The van der Waals surface area contributed by atoms with Crippen molar-refractivity contribution in [3.8, 4) is 0 Å². The lowest BCUT2D eigenvalue weighted by Crippen LogP contribution is -2.44. The van der Waals surface area contributed by atoms with Gasteiger partial charge in [-0.15, -0.1) is 12.4 Å². The van der Waals surface area contributed by atoms with Crippen LogP contribution in [0.1, 0.15) is 35.7 Å². The van der Waals surface area contributed by atoms with Gasteiger partial charge in [0.15, 0.2) is 5.82 Å². The maximum absolute atomic E-state index is 12.4. The van der Waals surface area contributed by atoms with Gasteiger partial charge in [-0.25, -0.2) is 0 Å². The number of benzene rings is 1. The number of hydrogen-bond donors (Lipinski definition) is 1. The predicted molar refractivity (Wildman–Crippen MR) is 101 cm³/mol. The number of carbonyl (C=O) groups is 1. The third-order valence-corrected chi connectivity index (χ3v) is 5.09. The zero-order valence-electron chi connectivity index (χ0n) is 15.0. The van der Waals surface area contributed by atoms with Crippen molar-refractivity contribution in [3.63, 3.8) is 0 Å². The Bertz CT molecular complexity index is 763. The van der Waals surface area contributed by atoms with Crippen LogP contribution in [0.4, 0.5) is 5.69 Å². The number of aromatic nitrogens is 2. The van der Waals surface area contributed by atoms with E-state index in [1.807, 2.05) is 36.1 Å². The normalized spacial score (nSPS) is 23.9. The van der Waals surface area contributed by atoms with Gasteiger partial charge in [-0.1, -0.05) is 22.9 Å². The number of carbonyl (C=O) groups excluding carboxylic acids is 1. The number of piperazine rings is 1. The molecule has 26 heavy (non-hydrogen) atoms. The Morgan fingerprint density at radius 1 is 1.27 bits per heavy atom. The Morgan fingerprint density at radius 3 is 2.77 bits per heavy atom. The molecule has 0 aliphatic carbocycles. The van der Waals surface area contributed by atoms with Crippen LogP contribution in [0.5, 0.6) is 0 Å². The zero-order chi connectivity index (χ0) is 17.4. The van der Waals surface area contributed by atoms with Crippen molar-refractivity contribution in [2.75, 3.05) is 38.1 Å². The summed E-state index contributed by atoms with van der Waals surface area (Å²) in [7, 11) is 2.07. The summed E-state index contributed by atoms with van der Waals surface area (Å²) in [4.78, 5) is 21.1. The summed E-state index contributed by atoms with van der Waals surface area (Å²) in [5.74, 6) is 1.32. The molecule has 140 valence electrons. The standard InChI is InChI=1S/C18H23N5O2.ClH/c1-12-3-5-14(6-4-12)23-11-13(9-16(23)24)18-20-17(21-25-18)15-10-19-7-8-22(15)2;/h3-6,13,15,19H,7-11H2,1-2H3;1H. The Balaban J connectivity index is 0.00000196. The average molecular weight is 378 g/mol. The summed E-state index contributed by atoms with van der Waals surface area (Å²) >= 11 is 0. The molecule has 1 amide bonds. The first-order valence-corrected chi connectivity index (χ1v) is 8.73. The van der Waals surface area contributed by atoms with E-state index in [0.29, 0.717) is 24.7 Å². The summed E-state index contributed by atoms with van der Waals surface area (Å²) in [5.41, 5.74) is 2.10. The summed E-state index contributed by atoms with van der Waals surface area (Å²) in [5, 5.41) is 7.53. The fourth-order valence-electron chi connectivity index (χ4n) is 3.49. The van der Waals surface area contributed by atoms with E-state index in [-0.39, 0.29) is 30.3 Å². The van der Waals surface area contributed by atoms with E-state index in [1.165, 1.54) is 5.56 Å². The van der Waals surface area contributed by atoms with Gasteiger partial charge < -0.3 is 14.7 Å². The molecule has 1 N–H and O–H groups in total. The second-order valence-corrected chi connectivity index (χ2v) is 6.93. The van der Waals surface area contributed by atoms with Crippen molar-refractivity contribution < 1.29 is 9.32 Å². The number of hydrogen-bond acceptors (Lipinski definition) is 6. The highest BCUT2D eigenvalue weighted by Gasteiger charge is 2.36. The number of halogens is 1. The van der Waals surface area contributed by atoms with Gasteiger partial charge in [0, 0.05) is 38.3 Å². The first-order valence-electron chi connectivity index (χ1n) is 8.73. The van der Waals surface area contributed by atoms with Crippen LogP contribution in [0.15, 0.2) is 28.8 Å². The topological polar surface area (TPSA) is 74.5 Å². The molecule has 3 heterocycles. The molecule has 2 saturated heterocycles. The number of nitrogens with zero attached hydrogens (tertiary/aromatic N) is 4. The monoisotopic (exact) mass is 377 g/mol. The fraction of sp³-hybridized carbons (Fsp3) is 0.500. The van der Waals surface area contributed by atoms with Crippen molar-refractivity contribution in [1.82, 2.24) is 20.4 Å². The minimum atomic E-state index is -0.0445. The van der Waals surface area contributed by atoms with Crippen LogP contribution in [0.2, 0.25) is 0 Å². The Hall–Kier alpha value is -1.96. The van der Waals surface area contributed by atoms with Gasteiger partial charge in [0.25, 0.3) is 0 Å². The lowest BCUT2D eigenvalue weighted by atomic mass is 10.1. The van der Waals surface area contributed by atoms with Crippen molar-refractivity contribution >= 4 is 24.0 Å². The Kier molecular flexibility index (Phi) is 5.60. The molecule has 0 radical (unpaired) electrons. The molecule has 4 rings (SSSR count). The molecule has 2 fully saturated rings. The third-order valence-electron chi connectivity index (χ3n) is 5.09. The van der Waals surface area contributed by atoms with Crippen LogP contribution < -0.4 is 10.2 Å². The Morgan fingerprint density at radius 2 is 2.04 bits per heavy atom. The molecule has 0 spiro atoms. The zero-order valence-corrected chi connectivity index (χ0v) is 15.8. The van der Waals surface area contributed by atoms with Crippen molar-refractivity contribution in [1.29, 1.82) is 0 Å². The van der Waals surface area contributed by atoms with E-state index in [9.17, 15) is 4.79 Å². The minimum Gasteiger partial charge on any atom is -0.339 e. The van der Waals surface area contributed by atoms with Gasteiger partial charge in [-0.2, -0.15) is 4.98 Å². The number of amides is 1. The highest BCUT2D eigenvalue weighted by molar-refractivity contribution is 5.96. The molecule has 1 aromatic carbocycles. The van der Waals surface area contributed by atoms with Gasteiger partial charge >= 0.3 is 0 Å². The molecular formula is C18H24ClN5O2. The molecule has 0 saturated carbocycles. The molecule has 2 unspecified atom stereocenters. The van der Waals surface area contributed by atoms with Crippen LogP contribution in [-0.2, 0) is 4.79 Å². The maximum Gasteiger partial charge on any atom is 0.232 e. The lowest BCUT2D eigenvalue weighted by Gasteiger charge is -2.30. The first kappa shape index (κ1) is 18.8. The predicted octanol–water partition coefficient (Wildman–Crippen LogP) is 1.90. The van der Waals surface area contributed by atoms with Gasteiger partial charge in [0.05, 0.1) is 12.0 Å². The summed E-state index contributed by atoms with van der Waals surface area (Å²) in [6.45, 7) is 5.37. The number of nitrogens with one attached hydrogen (secondary N) is 1. The molecule has 2 atom stereocenters. The van der Waals surface area contributed by atoms with Crippen molar-refractivity contribution in [3.05, 3.63) is 41.5 Å². The second kappa shape index (κ2) is 7.73. The maximum atomic E-state index is 12.4. The number of aryl methyl sites for hydroxylation is 1. The van der Waals surface area contributed by atoms with E-state index >= 15 is 0 Å². The largest absolute Gasteiger partial charge is 0.339 e. The molecule has 2 aliphatic rings. The van der Waals surface area contributed by atoms with Crippen molar-refractivity contribution in [2.45, 2.75) is 25.3 Å². The SMILES string of the molecule is Cc1ccc(N2CC(c3nc(C4CNCCN4C)no3)CC2=O)cc1.Cl. The Labute approximate surface area is 159 Å². The molecule has 0 bridgehead atoms. The minimum absolute atomic E-state index is 0. The smallest absolute Gasteiger partial charge is 0.232 e. The molecule has 2 aliphatic heterocycles. The van der Waals surface area contributed by atoms with Gasteiger partial charge in [-0.3, -0.25) is 9.69 Å². The molecule has 8 heteroatoms. The van der Waals surface area contributed by atoms with E-state index in [4.69, 9.17) is 4.52 Å². The average Bonchev–Trinajstić information content (AvgIpc) is 3.23. The number of rotatable bonds is 3. The summed E-state index contributed by atoms with van der Waals surface area (Å²) in [6.07, 6.45) is 0.411.